The second-order valence-corrected chi connectivity index (χ2v) is 6.48. The highest BCUT2D eigenvalue weighted by Gasteiger charge is 2.13. The highest BCUT2D eigenvalue weighted by Crippen LogP contribution is 2.20. The average molecular weight is 365 g/mol. The van der Waals surface area contributed by atoms with Crippen LogP contribution in [-0.4, -0.2) is 39.8 Å². The molecule has 0 radical (unpaired) electrons. The number of benzene rings is 2. The van der Waals surface area contributed by atoms with Gasteiger partial charge in [0, 0.05) is 17.7 Å². The molecule has 27 heavy (non-hydrogen) atoms. The molecule has 140 valence electrons. The van der Waals surface area contributed by atoms with Crippen molar-refractivity contribution < 1.29 is 9.53 Å². The topological polar surface area (TPSA) is 81.9 Å². The molecule has 7 nitrogen and oxygen atoms in total. The molecule has 7 heteroatoms. The van der Waals surface area contributed by atoms with Crippen molar-refractivity contribution in [2.75, 3.05) is 13.7 Å². The lowest BCUT2D eigenvalue weighted by Gasteiger charge is -2.10. The first-order chi connectivity index (χ1) is 13.1. The first kappa shape index (κ1) is 18.6. The Labute approximate surface area is 158 Å². The van der Waals surface area contributed by atoms with Crippen LogP contribution in [0.4, 0.5) is 0 Å². The van der Waals surface area contributed by atoms with Gasteiger partial charge in [0.15, 0.2) is 5.82 Å². The molecule has 0 unspecified atom stereocenters. The summed E-state index contributed by atoms with van der Waals surface area (Å²) in [6.07, 6.45) is 0.730. The second kappa shape index (κ2) is 8.44. The second-order valence-electron chi connectivity index (χ2n) is 6.48. The maximum Gasteiger partial charge on any atom is 0.251 e. The van der Waals surface area contributed by atoms with E-state index in [9.17, 15) is 4.79 Å². The molecule has 1 amide bonds. The van der Waals surface area contributed by atoms with Gasteiger partial charge >= 0.3 is 0 Å². The van der Waals surface area contributed by atoms with Gasteiger partial charge in [-0.05, 0) is 60.5 Å². The third-order valence-corrected chi connectivity index (χ3v) is 4.20. The van der Waals surface area contributed by atoms with Crippen molar-refractivity contribution in [3.8, 4) is 17.1 Å². The van der Waals surface area contributed by atoms with Crippen LogP contribution in [0.5, 0.6) is 5.75 Å². The van der Waals surface area contributed by atoms with Crippen LogP contribution in [0.3, 0.4) is 0 Å². The smallest absolute Gasteiger partial charge is 0.251 e. The molecule has 1 heterocycles. The van der Waals surface area contributed by atoms with Gasteiger partial charge in [0.2, 0.25) is 0 Å². The Morgan fingerprint density at radius 1 is 1.19 bits per heavy atom. The number of carbonyl (C=O) groups is 1. The van der Waals surface area contributed by atoms with Crippen LogP contribution in [0.2, 0.25) is 0 Å². The monoisotopic (exact) mass is 365 g/mol. The van der Waals surface area contributed by atoms with E-state index in [1.54, 1.807) is 17.9 Å². The predicted octanol–water partition coefficient (Wildman–Crippen LogP) is 2.90. The Bertz CT molecular complexity index is 920. The van der Waals surface area contributed by atoms with Crippen molar-refractivity contribution in [3.63, 3.8) is 0 Å². The van der Waals surface area contributed by atoms with Gasteiger partial charge in [0.05, 0.1) is 13.2 Å². The third kappa shape index (κ3) is 4.49. The van der Waals surface area contributed by atoms with Crippen molar-refractivity contribution in [1.29, 1.82) is 0 Å². The van der Waals surface area contributed by atoms with Gasteiger partial charge in [-0.3, -0.25) is 4.79 Å². The Kier molecular flexibility index (Phi) is 5.80. The zero-order valence-electron chi connectivity index (χ0n) is 15.7. The summed E-state index contributed by atoms with van der Waals surface area (Å²) < 4.78 is 6.96. The minimum absolute atomic E-state index is 0.122. The van der Waals surface area contributed by atoms with Crippen molar-refractivity contribution in [1.82, 2.24) is 25.5 Å². The molecule has 1 N–H and O–H groups in total. The number of nitrogens with zero attached hydrogens (tertiary/aromatic N) is 4. The summed E-state index contributed by atoms with van der Waals surface area (Å²) in [6.45, 7) is 4.56. The van der Waals surface area contributed by atoms with Crippen LogP contribution >= 0.6 is 0 Å². The van der Waals surface area contributed by atoms with Gasteiger partial charge in [-0.2, -0.15) is 0 Å². The third-order valence-electron chi connectivity index (χ3n) is 4.20. The van der Waals surface area contributed by atoms with Crippen LogP contribution in [0.15, 0.2) is 48.5 Å². The molecule has 3 aromatic rings. The van der Waals surface area contributed by atoms with Crippen LogP contribution < -0.4 is 10.1 Å². The molecular formula is C20H23N5O2. The molecular weight excluding hydrogens is 342 g/mol. The van der Waals surface area contributed by atoms with E-state index < -0.39 is 0 Å². The van der Waals surface area contributed by atoms with Crippen molar-refractivity contribution in [3.05, 3.63) is 59.7 Å². The van der Waals surface area contributed by atoms with E-state index in [1.165, 1.54) is 0 Å². The molecule has 0 bridgehead atoms. The summed E-state index contributed by atoms with van der Waals surface area (Å²) in [4.78, 5) is 12.5. The van der Waals surface area contributed by atoms with E-state index in [4.69, 9.17) is 4.74 Å². The number of nitrogens with one attached hydrogen (secondary N) is 1. The fourth-order valence-electron chi connectivity index (χ4n) is 2.78. The van der Waals surface area contributed by atoms with E-state index >= 15 is 0 Å². The first-order valence-electron chi connectivity index (χ1n) is 8.88. The number of amides is 1. The normalized spacial score (nSPS) is 10.8. The van der Waals surface area contributed by atoms with Gasteiger partial charge < -0.3 is 10.1 Å². The highest BCUT2D eigenvalue weighted by molar-refractivity contribution is 5.95. The highest BCUT2D eigenvalue weighted by atomic mass is 16.5. The molecule has 0 fully saturated rings. The van der Waals surface area contributed by atoms with E-state index in [0.717, 1.165) is 23.3 Å². The number of rotatable bonds is 7. The lowest BCUT2D eigenvalue weighted by molar-refractivity contribution is 0.0954. The SMILES string of the molecule is COc1cccc(CCNC(=O)c2cccc(-c3nnnn3C(C)C)c2)c1. The van der Waals surface area contributed by atoms with E-state index in [-0.39, 0.29) is 11.9 Å². The number of hydrogen-bond acceptors (Lipinski definition) is 5. The number of hydrogen-bond donors (Lipinski definition) is 1. The van der Waals surface area contributed by atoms with Gasteiger partial charge in [-0.25, -0.2) is 4.68 Å². The average Bonchev–Trinajstić information content (AvgIpc) is 3.18. The van der Waals surface area contributed by atoms with E-state index in [2.05, 4.69) is 20.8 Å². The maximum atomic E-state index is 12.5. The summed E-state index contributed by atoms with van der Waals surface area (Å²) in [7, 11) is 1.64. The van der Waals surface area contributed by atoms with Crippen LogP contribution in [0.1, 0.15) is 35.8 Å². The minimum Gasteiger partial charge on any atom is -0.497 e. The number of tetrazole rings is 1. The molecule has 0 saturated carbocycles. The fraction of sp³-hybridized carbons (Fsp3) is 0.300. The lowest BCUT2D eigenvalue weighted by Crippen LogP contribution is -2.25. The Balaban J connectivity index is 1.66. The molecule has 0 spiro atoms. The van der Waals surface area contributed by atoms with Crippen LogP contribution in [0.25, 0.3) is 11.4 Å². The molecule has 0 saturated heterocycles. The minimum atomic E-state index is -0.122. The van der Waals surface area contributed by atoms with Crippen molar-refractivity contribution >= 4 is 5.91 Å². The van der Waals surface area contributed by atoms with Gasteiger partial charge in [-0.1, -0.05) is 24.3 Å². The van der Waals surface area contributed by atoms with Crippen LogP contribution in [0, 0.1) is 0 Å². The zero-order chi connectivity index (χ0) is 19.2. The molecule has 0 aliphatic rings. The van der Waals surface area contributed by atoms with Crippen molar-refractivity contribution in [2.24, 2.45) is 0 Å². The van der Waals surface area contributed by atoms with E-state index in [0.29, 0.717) is 17.9 Å². The maximum absolute atomic E-state index is 12.5. The predicted molar refractivity (Wildman–Crippen MR) is 103 cm³/mol. The van der Waals surface area contributed by atoms with Crippen LogP contribution in [-0.2, 0) is 6.42 Å². The van der Waals surface area contributed by atoms with E-state index in [1.807, 2.05) is 56.3 Å². The molecule has 0 aliphatic heterocycles. The quantitative estimate of drug-likeness (QED) is 0.696. The summed E-state index contributed by atoms with van der Waals surface area (Å²) >= 11 is 0. The Hall–Kier alpha value is -3.22. The number of ether oxygens (including phenoxy) is 1. The number of methoxy groups -OCH3 is 1. The standard InChI is InChI=1S/C20H23N5O2/c1-14(2)25-19(22-23-24-25)16-7-5-8-17(13-16)20(26)21-11-10-15-6-4-9-18(12-15)27-3/h4-9,12-14H,10-11H2,1-3H3,(H,21,26). The van der Waals surface area contributed by atoms with Gasteiger partial charge in [0.25, 0.3) is 5.91 Å². The summed E-state index contributed by atoms with van der Waals surface area (Å²) in [5, 5.41) is 14.8. The zero-order valence-corrected chi connectivity index (χ0v) is 15.7. The molecule has 3 rings (SSSR count). The van der Waals surface area contributed by atoms with Gasteiger partial charge in [0.1, 0.15) is 5.75 Å². The molecule has 1 aromatic heterocycles. The number of carbonyl (C=O) groups excluding carboxylic acids is 1. The largest absolute Gasteiger partial charge is 0.497 e. The number of aromatic nitrogens is 4. The first-order valence-corrected chi connectivity index (χ1v) is 8.88. The Morgan fingerprint density at radius 2 is 2.00 bits per heavy atom. The summed E-state index contributed by atoms with van der Waals surface area (Å²) in [5.74, 6) is 1.34. The molecule has 2 aromatic carbocycles. The molecule has 0 atom stereocenters. The van der Waals surface area contributed by atoms with Crippen molar-refractivity contribution in [2.45, 2.75) is 26.3 Å². The lowest BCUT2D eigenvalue weighted by atomic mass is 10.1. The molecule has 0 aliphatic carbocycles. The van der Waals surface area contributed by atoms with Gasteiger partial charge in [-0.15, -0.1) is 5.10 Å². The summed E-state index contributed by atoms with van der Waals surface area (Å²) in [6, 6.07) is 15.3. The Morgan fingerprint density at radius 3 is 2.78 bits per heavy atom. The summed E-state index contributed by atoms with van der Waals surface area (Å²) in [5.41, 5.74) is 2.50. The fourth-order valence-corrected chi connectivity index (χ4v) is 2.78.